The van der Waals surface area contributed by atoms with Crippen molar-refractivity contribution in [1.29, 1.82) is 0 Å². The van der Waals surface area contributed by atoms with Crippen LogP contribution in [0.3, 0.4) is 0 Å². The summed E-state index contributed by atoms with van der Waals surface area (Å²) >= 11 is 0. The number of ether oxygens (including phenoxy) is 2. The van der Waals surface area contributed by atoms with Crippen LogP contribution < -0.4 is 5.73 Å². The molecule has 2 rings (SSSR count). The zero-order valence-corrected chi connectivity index (χ0v) is 11.9. The molecule has 1 aliphatic heterocycles. The number of hydrogen-bond acceptors (Lipinski definition) is 6. The van der Waals surface area contributed by atoms with Crippen molar-refractivity contribution in [1.82, 2.24) is 10.1 Å². The Morgan fingerprint density at radius 1 is 1.37 bits per heavy atom. The van der Waals surface area contributed by atoms with Crippen molar-refractivity contribution < 1.29 is 14.0 Å². The van der Waals surface area contributed by atoms with Gasteiger partial charge in [0.25, 0.3) is 0 Å². The van der Waals surface area contributed by atoms with E-state index in [1.165, 1.54) is 0 Å². The molecular formula is C13H23N3O3. The molecule has 0 bridgehead atoms. The summed E-state index contributed by atoms with van der Waals surface area (Å²) in [6.07, 6.45) is 2.30. The van der Waals surface area contributed by atoms with Crippen LogP contribution in [0.2, 0.25) is 0 Å². The lowest BCUT2D eigenvalue weighted by Crippen LogP contribution is -2.36. The van der Waals surface area contributed by atoms with E-state index in [-0.39, 0.29) is 6.04 Å². The molecule has 0 amide bonds. The van der Waals surface area contributed by atoms with E-state index < -0.39 is 5.60 Å². The average molecular weight is 269 g/mol. The maximum absolute atomic E-state index is 6.06. The minimum absolute atomic E-state index is 0.213. The van der Waals surface area contributed by atoms with Crippen LogP contribution in [-0.2, 0) is 15.1 Å². The van der Waals surface area contributed by atoms with E-state index in [0.717, 1.165) is 19.3 Å². The zero-order chi connectivity index (χ0) is 13.9. The molecule has 0 aromatic carbocycles. The standard InChI is InChI=1S/C13H23N3O3/c1-9(2)8-10(14)11-15-12(16-19-11)13(17-3)4-6-18-7-5-13/h9-10H,4-8,14H2,1-3H3/t10-/m0/s1. The highest BCUT2D eigenvalue weighted by atomic mass is 16.5. The molecule has 0 aliphatic carbocycles. The maximum Gasteiger partial charge on any atom is 0.243 e. The van der Waals surface area contributed by atoms with Gasteiger partial charge in [-0.2, -0.15) is 4.98 Å². The highest BCUT2D eigenvalue weighted by molar-refractivity contribution is 5.04. The summed E-state index contributed by atoms with van der Waals surface area (Å²) in [5.74, 6) is 1.57. The number of aromatic nitrogens is 2. The summed E-state index contributed by atoms with van der Waals surface area (Å²) in [5.41, 5.74) is 5.57. The summed E-state index contributed by atoms with van der Waals surface area (Å²) in [6.45, 7) is 5.53. The third-order valence-corrected chi connectivity index (χ3v) is 3.58. The van der Waals surface area contributed by atoms with E-state index in [9.17, 15) is 0 Å². The Balaban J connectivity index is 2.14. The van der Waals surface area contributed by atoms with Crippen molar-refractivity contribution in [3.8, 4) is 0 Å². The first-order valence-electron chi connectivity index (χ1n) is 6.80. The first-order valence-corrected chi connectivity index (χ1v) is 6.80. The van der Waals surface area contributed by atoms with Gasteiger partial charge in [-0.15, -0.1) is 0 Å². The molecule has 0 saturated carbocycles. The number of hydrogen-bond donors (Lipinski definition) is 1. The molecule has 1 aromatic heterocycles. The smallest absolute Gasteiger partial charge is 0.243 e. The SMILES string of the molecule is COC1(c2noc([C@@H](N)CC(C)C)n2)CCOCC1. The molecule has 1 atom stereocenters. The van der Waals surface area contributed by atoms with E-state index >= 15 is 0 Å². The molecule has 0 spiro atoms. The van der Waals surface area contributed by atoms with Crippen molar-refractivity contribution in [3.05, 3.63) is 11.7 Å². The van der Waals surface area contributed by atoms with Crippen molar-refractivity contribution in [2.45, 2.75) is 44.8 Å². The minimum atomic E-state index is -0.489. The molecule has 6 nitrogen and oxygen atoms in total. The van der Waals surface area contributed by atoms with E-state index in [2.05, 4.69) is 24.0 Å². The summed E-state index contributed by atoms with van der Waals surface area (Å²) in [4.78, 5) is 4.45. The van der Waals surface area contributed by atoms with Gasteiger partial charge in [0.15, 0.2) is 0 Å². The average Bonchev–Trinajstić information content (AvgIpc) is 2.89. The topological polar surface area (TPSA) is 83.4 Å². The molecule has 2 N–H and O–H groups in total. The fraction of sp³-hybridized carbons (Fsp3) is 0.846. The van der Waals surface area contributed by atoms with Gasteiger partial charge in [-0.1, -0.05) is 19.0 Å². The molecule has 0 unspecified atom stereocenters. The van der Waals surface area contributed by atoms with Gasteiger partial charge in [-0.05, 0) is 12.3 Å². The van der Waals surface area contributed by atoms with E-state index in [1.807, 2.05) is 0 Å². The molecule has 1 aliphatic rings. The molecule has 1 saturated heterocycles. The summed E-state index contributed by atoms with van der Waals surface area (Å²) in [7, 11) is 1.68. The molecular weight excluding hydrogens is 246 g/mol. The number of rotatable bonds is 5. The second-order valence-electron chi connectivity index (χ2n) is 5.50. The number of nitrogens with two attached hydrogens (primary N) is 1. The highest BCUT2D eigenvalue weighted by Gasteiger charge is 2.39. The van der Waals surface area contributed by atoms with Gasteiger partial charge in [-0.25, -0.2) is 0 Å². The van der Waals surface area contributed by atoms with Gasteiger partial charge in [0.1, 0.15) is 5.60 Å². The monoisotopic (exact) mass is 269 g/mol. The molecule has 1 aromatic rings. The number of nitrogens with zero attached hydrogens (tertiary/aromatic N) is 2. The zero-order valence-electron chi connectivity index (χ0n) is 11.9. The van der Waals surface area contributed by atoms with Crippen LogP contribution in [0.5, 0.6) is 0 Å². The van der Waals surface area contributed by atoms with Crippen molar-refractivity contribution >= 4 is 0 Å². The Labute approximate surface area is 113 Å². The second kappa shape index (κ2) is 5.98. The van der Waals surface area contributed by atoms with Gasteiger partial charge in [0, 0.05) is 33.2 Å². The molecule has 1 fully saturated rings. The minimum Gasteiger partial charge on any atom is -0.381 e. The highest BCUT2D eigenvalue weighted by Crippen LogP contribution is 2.34. The largest absolute Gasteiger partial charge is 0.381 e. The lowest BCUT2D eigenvalue weighted by molar-refractivity contribution is -0.101. The Hall–Kier alpha value is -0.980. The Kier molecular flexibility index (Phi) is 4.54. The van der Waals surface area contributed by atoms with Crippen LogP contribution in [0.4, 0.5) is 0 Å². The van der Waals surface area contributed by atoms with Crippen molar-refractivity contribution in [2.75, 3.05) is 20.3 Å². The first kappa shape index (κ1) is 14.4. The van der Waals surface area contributed by atoms with Crippen molar-refractivity contribution in [2.24, 2.45) is 11.7 Å². The third kappa shape index (κ3) is 3.13. The van der Waals surface area contributed by atoms with Crippen LogP contribution in [0.25, 0.3) is 0 Å². The fourth-order valence-electron chi connectivity index (χ4n) is 2.40. The lowest BCUT2D eigenvalue weighted by atomic mass is 9.93. The summed E-state index contributed by atoms with van der Waals surface area (Å²) < 4.78 is 16.3. The van der Waals surface area contributed by atoms with E-state index in [4.69, 9.17) is 19.7 Å². The van der Waals surface area contributed by atoms with Crippen LogP contribution in [0.15, 0.2) is 4.52 Å². The molecule has 108 valence electrons. The van der Waals surface area contributed by atoms with Crippen LogP contribution in [0.1, 0.15) is 50.9 Å². The van der Waals surface area contributed by atoms with Gasteiger partial charge < -0.3 is 19.7 Å². The van der Waals surface area contributed by atoms with Crippen LogP contribution in [-0.4, -0.2) is 30.5 Å². The summed E-state index contributed by atoms with van der Waals surface area (Å²) in [6, 6.07) is -0.213. The van der Waals surface area contributed by atoms with Gasteiger partial charge in [0.05, 0.1) is 6.04 Å². The maximum atomic E-state index is 6.06. The quantitative estimate of drug-likeness (QED) is 0.877. The van der Waals surface area contributed by atoms with Crippen LogP contribution >= 0.6 is 0 Å². The lowest BCUT2D eigenvalue weighted by Gasteiger charge is -2.32. The van der Waals surface area contributed by atoms with Gasteiger partial charge >= 0.3 is 0 Å². The Bertz CT molecular complexity index is 400. The predicted octanol–water partition coefficient (Wildman–Crippen LogP) is 1.77. The normalized spacial score (nSPS) is 20.7. The second-order valence-corrected chi connectivity index (χ2v) is 5.50. The Morgan fingerprint density at radius 2 is 2.05 bits per heavy atom. The van der Waals surface area contributed by atoms with E-state index in [1.54, 1.807) is 7.11 Å². The van der Waals surface area contributed by atoms with E-state index in [0.29, 0.717) is 30.8 Å². The third-order valence-electron chi connectivity index (χ3n) is 3.58. The van der Waals surface area contributed by atoms with Crippen molar-refractivity contribution in [3.63, 3.8) is 0 Å². The summed E-state index contributed by atoms with van der Waals surface area (Å²) in [5, 5.41) is 4.06. The molecule has 2 heterocycles. The van der Waals surface area contributed by atoms with Crippen LogP contribution in [0, 0.1) is 5.92 Å². The Morgan fingerprint density at radius 3 is 2.63 bits per heavy atom. The van der Waals surface area contributed by atoms with Gasteiger partial charge in [0.2, 0.25) is 11.7 Å². The number of methoxy groups -OCH3 is 1. The first-order chi connectivity index (χ1) is 9.07. The fourth-order valence-corrected chi connectivity index (χ4v) is 2.40. The molecule has 0 radical (unpaired) electrons. The molecule has 6 heteroatoms. The molecule has 19 heavy (non-hydrogen) atoms. The van der Waals surface area contributed by atoms with Gasteiger partial charge in [-0.3, -0.25) is 0 Å². The predicted molar refractivity (Wildman–Crippen MR) is 69.4 cm³/mol.